The number of carbonyl (C=O) groups is 1. The molecular formula is C10H13N3O6. The van der Waals surface area contributed by atoms with Crippen LogP contribution in [0.4, 0.5) is 5.82 Å². The fourth-order valence-corrected chi connectivity index (χ4v) is 2.01. The van der Waals surface area contributed by atoms with Crippen molar-refractivity contribution in [2.45, 2.75) is 24.0 Å². The lowest BCUT2D eigenvalue weighted by Gasteiger charge is -2.27. The van der Waals surface area contributed by atoms with Gasteiger partial charge in [0.1, 0.15) is 24.1 Å². The van der Waals surface area contributed by atoms with Gasteiger partial charge in [-0.25, -0.2) is 4.79 Å². The number of aliphatic hydroxyl groups excluding tert-OH is 3. The van der Waals surface area contributed by atoms with Gasteiger partial charge in [-0.1, -0.05) is 0 Å². The number of nitrogen functional groups attached to an aromatic ring is 1. The number of ether oxygens (including phenoxy) is 1. The Labute approximate surface area is 106 Å². The molecule has 0 unspecified atom stereocenters. The van der Waals surface area contributed by atoms with Gasteiger partial charge < -0.3 is 25.8 Å². The Morgan fingerprint density at radius 2 is 2.26 bits per heavy atom. The van der Waals surface area contributed by atoms with E-state index in [1.54, 1.807) is 0 Å². The van der Waals surface area contributed by atoms with Gasteiger partial charge in [-0.05, 0) is 6.07 Å². The highest BCUT2D eigenvalue weighted by Gasteiger charge is 2.56. The summed E-state index contributed by atoms with van der Waals surface area (Å²) in [6.45, 7) is -0.620. The molecule has 1 saturated heterocycles. The van der Waals surface area contributed by atoms with Crippen LogP contribution in [0.3, 0.4) is 0 Å². The van der Waals surface area contributed by atoms with Gasteiger partial charge in [0.2, 0.25) is 5.72 Å². The second-order valence-corrected chi connectivity index (χ2v) is 4.15. The van der Waals surface area contributed by atoms with Gasteiger partial charge in [0.25, 0.3) is 0 Å². The average molecular weight is 271 g/mol. The fraction of sp³-hybridized carbons (Fsp3) is 0.500. The van der Waals surface area contributed by atoms with Crippen LogP contribution in [0.1, 0.15) is 0 Å². The Morgan fingerprint density at radius 1 is 1.58 bits per heavy atom. The molecule has 0 aromatic carbocycles. The molecule has 1 fully saturated rings. The van der Waals surface area contributed by atoms with E-state index >= 15 is 0 Å². The van der Waals surface area contributed by atoms with Gasteiger partial charge in [-0.3, -0.25) is 9.36 Å². The summed E-state index contributed by atoms with van der Waals surface area (Å²) in [5, 5.41) is 28.6. The van der Waals surface area contributed by atoms with Gasteiger partial charge in [-0.2, -0.15) is 4.98 Å². The molecule has 1 aromatic heterocycles. The third-order valence-electron chi connectivity index (χ3n) is 3.02. The van der Waals surface area contributed by atoms with E-state index in [0.29, 0.717) is 0 Å². The third-order valence-corrected chi connectivity index (χ3v) is 3.02. The quantitative estimate of drug-likeness (QED) is 0.420. The first kappa shape index (κ1) is 13.6. The van der Waals surface area contributed by atoms with Crippen molar-refractivity contribution in [3.05, 3.63) is 22.7 Å². The van der Waals surface area contributed by atoms with E-state index in [4.69, 9.17) is 15.6 Å². The van der Waals surface area contributed by atoms with Gasteiger partial charge in [-0.15, -0.1) is 0 Å². The molecule has 1 aromatic rings. The van der Waals surface area contributed by atoms with E-state index in [2.05, 4.69) is 4.98 Å². The molecule has 1 aliphatic heterocycles. The molecule has 4 atom stereocenters. The lowest BCUT2D eigenvalue weighted by atomic mass is 10.0. The molecule has 9 heteroatoms. The molecule has 1 aliphatic rings. The van der Waals surface area contributed by atoms with E-state index < -0.39 is 36.3 Å². The summed E-state index contributed by atoms with van der Waals surface area (Å²) in [5.41, 5.74) is 2.27. The van der Waals surface area contributed by atoms with Crippen LogP contribution >= 0.6 is 0 Å². The SMILES string of the molecule is Nc1ccn([C@]2(C=O)O[C@H](CO)[C@@H](O)[C@H]2O)c(=O)n1. The van der Waals surface area contributed by atoms with Crippen molar-refractivity contribution in [3.63, 3.8) is 0 Å². The first-order valence-corrected chi connectivity index (χ1v) is 5.43. The van der Waals surface area contributed by atoms with E-state index in [-0.39, 0.29) is 12.1 Å². The summed E-state index contributed by atoms with van der Waals surface area (Å²) in [6.07, 6.45) is -3.13. The van der Waals surface area contributed by atoms with E-state index in [1.165, 1.54) is 6.07 Å². The summed E-state index contributed by atoms with van der Waals surface area (Å²) in [4.78, 5) is 26.4. The van der Waals surface area contributed by atoms with E-state index in [9.17, 15) is 19.8 Å². The van der Waals surface area contributed by atoms with Crippen molar-refractivity contribution in [1.82, 2.24) is 9.55 Å². The first-order chi connectivity index (χ1) is 8.96. The summed E-state index contributed by atoms with van der Waals surface area (Å²) < 4.78 is 5.86. The van der Waals surface area contributed by atoms with Gasteiger partial charge in [0.15, 0.2) is 6.29 Å². The minimum Gasteiger partial charge on any atom is -0.394 e. The molecule has 2 rings (SSSR count). The summed E-state index contributed by atoms with van der Waals surface area (Å²) in [6, 6.07) is 1.24. The number of aliphatic hydroxyl groups is 3. The lowest BCUT2D eigenvalue weighted by Crippen LogP contribution is -2.51. The van der Waals surface area contributed by atoms with Crippen molar-refractivity contribution in [1.29, 1.82) is 0 Å². The second kappa shape index (κ2) is 4.70. The number of nitrogens with zero attached hydrogens (tertiary/aromatic N) is 2. The minimum atomic E-state index is -2.13. The van der Waals surface area contributed by atoms with Crippen molar-refractivity contribution in [3.8, 4) is 0 Å². The molecule has 0 spiro atoms. The summed E-state index contributed by atoms with van der Waals surface area (Å²) >= 11 is 0. The molecule has 0 saturated carbocycles. The van der Waals surface area contributed by atoms with Gasteiger partial charge in [0.05, 0.1) is 6.61 Å². The molecule has 0 radical (unpaired) electrons. The van der Waals surface area contributed by atoms with Crippen LogP contribution in [0.15, 0.2) is 17.1 Å². The van der Waals surface area contributed by atoms with Crippen molar-refractivity contribution in [2.24, 2.45) is 0 Å². The topological polar surface area (TPSA) is 148 Å². The zero-order chi connectivity index (χ0) is 14.2. The number of anilines is 1. The van der Waals surface area contributed by atoms with E-state index in [1.807, 2.05) is 0 Å². The zero-order valence-corrected chi connectivity index (χ0v) is 9.71. The number of carbonyl (C=O) groups excluding carboxylic acids is 1. The molecule has 104 valence electrons. The zero-order valence-electron chi connectivity index (χ0n) is 9.71. The Kier molecular flexibility index (Phi) is 3.37. The van der Waals surface area contributed by atoms with Crippen LogP contribution in [0, 0.1) is 0 Å². The Balaban J connectivity index is 2.55. The summed E-state index contributed by atoms with van der Waals surface area (Å²) in [5.74, 6) is -0.0611. The molecule has 9 nitrogen and oxygen atoms in total. The second-order valence-electron chi connectivity index (χ2n) is 4.15. The molecule has 19 heavy (non-hydrogen) atoms. The Morgan fingerprint density at radius 3 is 2.74 bits per heavy atom. The maximum atomic E-state index is 11.7. The van der Waals surface area contributed by atoms with Crippen LogP contribution in [0.2, 0.25) is 0 Å². The van der Waals surface area contributed by atoms with Crippen molar-refractivity contribution >= 4 is 12.1 Å². The van der Waals surface area contributed by atoms with Crippen LogP contribution in [0.5, 0.6) is 0 Å². The molecule has 2 heterocycles. The lowest BCUT2D eigenvalue weighted by molar-refractivity contribution is -0.162. The average Bonchev–Trinajstić information content (AvgIpc) is 2.64. The van der Waals surface area contributed by atoms with E-state index in [0.717, 1.165) is 10.8 Å². The highest BCUT2D eigenvalue weighted by Crippen LogP contribution is 2.32. The number of nitrogens with two attached hydrogens (primary N) is 1. The molecule has 0 bridgehead atoms. The number of hydrogen-bond acceptors (Lipinski definition) is 8. The van der Waals surface area contributed by atoms with Crippen LogP contribution in [-0.2, 0) is 15.3 Å². The monoisotopic (exact) mass is 271 g/mol. The molecular weight excluding hydrogens is 258 g/mol. The van der Waals surface area contributed by atoms with Crippen LogP contribution < -0.4 is 11.4 Å². The van der Waals surface area contributed by atoms with Crippen molar-refractivity contribution < 1.29 is 24.9 Å². The predicted octanol–water partition coefficient (Wildman–Crippen LogP) is -3.21. The standard InChI is InChI=1S/C10H13N3O6/c11-6-1-2-13(9(18)12-6)10(4-15)8(17)7(16)5(3-14)19-10/h1-2,4-5,7-8,14,16-17H,3H2,(H2,11,12,18)/t5-,7-,8-,10-/m1/s1. The predicted molar refractivity (Wildman–Crippen MR) is 60.9 cm³/mol. The van der Waals surface area contributed by atoms with Crippen LogP contribution in [0.25, 0.3) is 0 Å². The first-order valence-electron chi connectivity index (χ1n) is 5.43. The van der Waals surface area contributed by atoms with Crippen LogP contribution in [-0.4, -0.2) is 56.1 Å². The number of aromatic nitrogens is 2. The number of rotatable bonds is 3. The molecule has 0 aliphatic carbocycles. The Hall–Kier alpha value is -1.81. The third kappa shape index (κ3) is 1.92. The van der Waals surface area contributed by atoms with Gasteiger partial charge >= 0.3 is 5.69 Å². The van der Waals surface area contributed by atoms with Gasteiger partial charge in [0, 0.05) is 6.20 Å². The fourth-order valence-electron chi connectivity index (χ4n) is 2.01. The number of aldehydes is 1. The minimum absolute atomic E-state index is 0.0611. The normalized spacial score (nSPS) is 34.4. The number of hydrogen-bond donors (Lipinski definition) is 4. The molecule has 5 N–H and O–H groups in total. The Bertz CT molecular complexity index is 546. The maximum absolute atomic E-state index is 11.7. The van der Waals surface area contributed by atoms with Crippen molar-refractivity contribution in [2.75, 3.05) is 12.3 Å². The molecule has 0 amide bonds. The smallest absolute Gasteiger partial charge is 0.352 e. The largest absolute Gasteiger partial charge is 0.394 e. The maximum Gasteiger partial charge on any atom is 0.352 e. The summed E-state index contributed by atoms with van der Waals surface area (Å²) in [7, 11) is 0. The highest BCUT2D eigenvalue weighted by molar-refractivity contribution is 5.62. The highest BCUT2D eigenvalue weighted by atomic mass is 16.6.